The second-order valence-corrected chi connectivity index (χ2v) is 6.83. The van der Waals surface area contributed by atoms with Gasteiger partial charge in [-0.05, 0) is 25.0 Å². The average Bonchev–Trinajstić information content (AvgIpc) is 3.47. The van der Waals surface area contributed by atoms with Gasteiger partial charge in [-0.3, -0.25) is 9.59 Å². The van der Waals surface area contributed by atoms with Crippen LogP contribution in [-0.2, 0) is 16.0 Å². The summed E-state index contributed by atoms with van der Waals surface area (Å²) in [6.45, 7) is 3.30. The van der Waals surface area contributed by atoms with E-state index in [9.17, 15) is 9.59 Å². The van der Waals surface area contributed by atoms with Gasteiger partial charge in [-0.25, -0.2) is 0 Å². The third-order valence-corrected chi connectivity index (χ3v) is 5.03. The molecule has 1 atom stereocenters. The van der Waals surface area contributed by atoms with Gasteiger partial charge in [-0.1, -0.05) is 5.16 Å². The molecule has 0 aromatic carbocycles. The Labute approximate surface area is 156 Å². The summed E-state index contributed by atoms with van der Waals surface area (Å²) in [4.78, 5) is 33.3. The Hall–Kier alpha value is -2.68. The number of amides is 2. The van der Waals surface area contributed by atoms with Gasteiger partial charge < -0.3 is 24.1 Å². The minimum atomic E-state index is -0.425. The highest BCUT2D eigenvalue weighted by atomic mass is 16.5. The molecule has 0 spiro atoms. The molecule has 9 nitrogen and oxygen atoms in total. The summed E-state index contributed by atoms with van der Waals surface area (Å²) in [7, 11) is 0. The molecular formula is C18H23N5O4. The molecule has 2 aromatic rings. The van der Waals surface area contributed by atoms with Crippen LogP contribution in [0.2, 0.25) is 0 Å². The Morgan fingerprint density at radius 1 is 1.26 bits per heavy atom. The van der Waals surface area contributed by atoms with E-state index in [4.69, 9.17) is 8.94 Å². The molecule has 4 rings (SSSR count). The van der Waals surface area contributed by atoms with E-state index in [0.29, 0.717) is 43.5 Å². The van der Waals surface area contributed by atoms with E-state index < -0.39 is 6.04 Å². The number of aryl methyl sites for hydroxylation is 1. The Kier molecular flexibility index (Phi) is 5.19. The van der Waals surface area contributed by atoms with E-state index >= 15 is 0 Å². The van der Waals surface area contributed by atoms with Gasteiger partial charge in [0.05, 0.1) is 6.26 Å². The summed E-state index contributed by atoms with van der Waals surface area (Å²) in [5.74, 6) is 1.26. The zero-order valence-electron chi connectivity index (χ0n) is 15.1. The first kappa shape index (κ1) is 17.7. The maximum atomic E-state index is 12.8. The molecule has 0 aliphatic carbocycles. The summed E-state index contributed by atoms with van der Waals surface area (Å²) >= 11 is 0. The number of rotatable bonds is 5. The van der Waals surface area contributed by atoms with Crippen molar-refractivity contribution in [2.45, 2.75) is 31.7 Å². The van der Waals surface area contributed by atoms with E-state index in [2.05, 4.69) is 15.5 Å². The highest BCUT2D eigenvalue weighted by molar-refractivity contribution is 5.88. The Morgan fingerprint density at radius 2 is 2.11 bits per heavy atom. The highest BCUT2D eigenvalue weighted by Gasteiger charge is 2.35. The number of aromatic nitrogens is 2. The van der Waals surface area contributed by atoms with Crippen LogP contribution in [0.25, 0.3) is 11.6 Å². The molecule has 2 aliphatic rings. The molecule has 144 valence electrons. The molecule has 0 radical (unpaired) electrons. The lowest BCUT2D eigenvalue weighted by Crippen LogP contribution is -2.59. The molecule has 2 saturated heterocycles. The fourth-order valence-electron chi connectivity index (χ4n) is 3.59. The number of carbonyl (C=O) groups is 2. The van der Waals surface area contributed by atoms with Crippen LogP contribution in [0.15, 0.2) is 27.3 Å². The van der Waals surface area contributed by atoms with Crippen LogP contribution < -0.4 is 5.32 Å². The molecule has 2 fully saturated rings. The third kappa shape index (κ3) is 3.87. The van der Waals surface area contributed by atoms with Crippen molar-refractivity contribution in [2.24, 2.45) is 0 Å². The van der Waals surface area contributed by atoms with Crippen LogP contribution in [0.3, 0.4) is 0 Å². The van der Waals surface area contributed by atoms with Crippen LogP contribution in [0.4, 0.5) is 0 Å². The molecule has 27 heavy (non-hydrogen) atoms. The Balaban J connectivity index is 1.36. The fourth-order valence-corrected chi connectivity index (χ4v) is 3.59. The number of nitrogens with zero attached hydrogens (tertiary/aromatic N) is 4. The van der Waals surface area contributed by atoms with E-state index in [1.165, 1.54) is 6.26 Å². The highest BCUT2D eigenvalue weighted by Crippen LogP contribution is 2.18. The monoisotopic (exact) mass is 373 g/mol. The second kappa shape index (κ2) is 7.91. The van der Waals surface area contributed by atoms with E-state index in [1.807, 2.05) is 4.90 Å². The van der Waals surface area contributed by atoms with Crippen LogP contribution in [-0.4, -0.2) is 70.5 Å². The summed E-state index contributed by atoms with van der Waals surface area (Å²) in [6, 6.07) is 3.07. The van der Waals surface area contributed by atoms with E-state index in [0.717, 1.165) is 25.9 Å². The number of furan rings is 1. The Bertz CT molecular complexity index is 782. The topological polar surface area (TPSA) is 105 Å². The molecule has 4 heterocycles. The number of likely N-dealkylation sites (tertiary alicyclic amines) is 1. The number of nitrogens with one attached hydrogen (secondary N) is 1. The maximum absolute atomic E-state index is 12.8. The molecule has 1 N–H and O–H groups in total. The van der Waals surface area contributed by atoms with Crippen molar-refractivity contribution in [1.82, 2.24) is 25.3 Å². The molecule has 9 heteroatoms. The van der Waals surface area contributed by atoms with Crippen molar-refractivity contribution in [3.8, 4) is 11.6 Å². The number of hydrogen-bond acceptors (Lipinski definition) is 7. The van der Waals surface area contributed by atoms with Gasteiger partial charge in [0.2, 0.25) is 23.5 Å². The first-order chi connectivity index (χ1) is 13.2. The molecule has 2 aromatic heterocycles. The van der Waals surface area contributed by atoms with Gasteiger partial charge in [0, 0.05) is 45.6 Å². The van der Waals surface area contributed by atoms with Crippen molar-refractivity contribution in [3.05, 3.63) is 24.3 Å². The number of piperazine rings is 1. The molecule has 2 amide bonds. The van der Waals surface area contributed by atoms with Crippen LogP contribution >= 0.6 is 0 Å². The fraction of sp³-hybridized carbons (Fsp3) is 0.556. The van der Waals surface area contributed by atoms with Gasteiger partial charge in [0.15, 0.2) is 5.76 Å². The zero-order valence-corrected chi connectivity index (χ0v) is 15.1. The van der Waals surface area contributed by atoms with Crippen LogP contribution in [0.5, 0.6) is 0 Å². The molecule has 2 aliphatic heterocycles. The van der Waals surface area contributed by atoms with Crippen molar-refractivity contribution >= 4 is 11.8 Å². The summed E-state index contributed by atoms with van der Waals surface area (Å²) in [5.41, 5.74) is 0. The van der Waals surface area contributed by atoms with Crippen molar-refractivity contribution in [1.29, 1.82) is 0 Å². The van der Waals surface area contributed by atoms with Gasteiger partial charge >= 0.3 is 0 Å². The van der Waals surface area contributed by atoms with Gasteiger partial charge in [-0.2, -0.15) is 4.98 Å². The normalized spacial score (nSPS) is 20.2. The maximum Gasteiger partial charge on any atom is 0.246 e. The predicted octanol–water partition coefficient (Wildman–Crippen LogP) is 0.685. The quantitative estimate of drug-likeness (QED) is 0.822. The van der Waals surface area contributed by atoms with Crippen LogP contribution in [0, 0.1) is 0 Å². The largest absolute Gasteiger partial charge is 0.461 e. The molecule has 0 bridgehead atoms. The molecule has 0 unspecified atom stereocenters. The Morgan fingerprint density at radius 3 is 2.89 bits per heavy atom. The molecule has 0 saturated carbocycles. The summed E-state index contributed by atoms with van der Waals surface area (Å²) in [5, 5.41) is 7.09. The lowest BCUT2D eigenvalue weighted by Gasteiger charge is -2.37. The minimum Gasteiger partial charge on any atom is -0.461 e. The first-order valence-corrected chi connectivity index (χ1v) is 9.38. The third-order valence-electron chi connectivity index (χ3n) is 5.03. The average molecular weight is 373 g/mol. The van der Waals surface area contributed by atoms with Crippen molar-refractivity contribution in [2.75, 3.05) is 32.7 Å². The van der Waals surface area contributed by atoms with E-state index in [1.54, 1.807) is 17.0 Å². The van der Waals surface area contributed by atoms with Gasteiger partial charge in [-0.15, -0.1) is 0 Å². The minimum absolute atomic E-state index is 0.0472. The van der Waals surface area contributed by atoms with Crippen molar-refractivity contribution in [3.63, 3.8) is 0 Å². The lowest BCUT2D eigenvalue weighted by molar-refractivity contribution is -0.146. The number of carbonyl (C=O) groups excluding carboxylic acids is 2. The second-order valence-electron chi connectivity index (χ2n) is 6.83. The number of hydrogen-bond donors (Lipinski definition) is 1. The smallest absolute Gasteiger partial charge is 0.246 e. The van der Waals surface area contributed by atoms with Crippen LogP contribution in [0.1, 0.15) is 25.2 Å². The summed E-state index contributed by atoms with van der Waals surface area (Å²) in [6.07, 6.45) is 4.17. The SMILES string of the molecule is O=C([C@H]1CNCCN1C(=O)CCc1nc(-c2ccco2)no1)N1CCCC1. The van der Waals surface area contributed by atoms with E-state index in [-0.39, 0.29) is 18.2 Å². The van der Waals surface area contributed by atoms with Crippen molar-refractivity contribution < 1.29 is 18.5 Å². The predicted molar refractivity (Wildman–Crippen MR) is 94.5 cm³/mol. The zero-order chi connectivity index (χ0) is 18.6. The summed E-state index contributed by atoms with van der Waals surface area (Å²) < 4.78 is 10.4. The molecular weight excluding hydrogens is 350 g/mol. The van der Waals surface area contributed by atoms with Gasteiger partial charge in [0.1, 0.15) is 6.04 Å². The lowest BCUT2D eigenvalue weighted by atomic mass is 10.1. The standard InChI is InChI=1S/C18H23N5O4/c24-16(6-5-15-20-17(21-27-15)14-4-3-11-26-14)23-10-7-19-12-13(23)18(25)22-8-1-2-9-22/h3-4,11,13,19H,1-2,5-10,12H2/t13-/m1/s1. The van der Waals surface area contributed by atoms with Gasteiger partial charge in [0.25, 0.3) is 0 Å². The first-order valence-electron chi connectivity index (χ1n) is 9.38.